The Labute approximate surface area is 116 Å². The van der Waals surface area contributed by atoms with Crippen LogP contribution in [0.25, 0.3) is 0 Å². The first-order valence-corrected chi connectivity index (χ1v) is 8.79. The molecule has 0 saturated carbocycles. The maximum absolute atomic E-state index is 12.4. The van der Waals surface area contributed by atoms with Crippen molar-refractivity contribution in [2.75, 3.05) is 26.3 Å². The van der Waals surface area contributed by atoms with Gasteiger partial charge >= 0.3 is 0 Å². The predicted molar refractivity (Wildman–Crippen MR) is 74.0 cm³/mol. The SMILES string of the molecule is CC1OCCC1S(=O)(=O)C(C)CNCC1CCCO1. The first-order valence-electron chi connectivity index (χ1n) is 7.18. The van der Waals surface area contributed by atoms with E-state index in [4.69, 9.17) is 9.47 Å². The van der Waals surface area contributed by atoms with Crippen LogP contribution in [-0.2, 0) is 19.3 Å². The Bertz CT molecular complexity index is 378. The molecule has 0 bridgehead atoms. The van der Waals surface area contributed by atoms with Gasteiger partial charge in [0.1, 0.15) is 0 Å². The van der Waals surface area contributed by atoms with E-state index in [9.17, 15) is 8.42 Å². The fraction of sp³-hybridized carbons (Fsp3) is 1.00. The Morgan fingerprint density at radius 1 is 1.26 bits per heavy atom. The molecule has 0 aromatic rings. The van der Waals surface area contributed by atoms with Gasteiger partial charge in [-0.05, 0) is 33.1 Å². The molecule has 0 aromatic heterocycles. The van der Waals surface area contributed by atoms with Gasteiger partial charge < -0.3 is 14.8 Å². The lowest BCUT2D eigenvalue weighted by atomic mass is 10.2. The average Bonchev–Trinajstić information content (AvgIpc) is 3.00. The second kappa shape index (κ2) is 6.52. The van der Waals surface area contributed by atoms with E-state index in [-0.39, 0.29) is 22.7 Å². The Balaban J connectivity index is 1.79. The van der Waals surface area contributed by atoms with Crippen LogP contribution < -0.4 is 5.32 Å². The Kier molecular flexibility index (Phi) is 5.22. The molecule has 2 heterocycles. The van der Waals surface area contributed by atoms with Gasteiger partial charge in [-0.2, -0.15) is 0 Å². The summed E-state index contributed by atoms with van der Waals surface area (Å²) in [5.74, 6) is 0. The average molecular weight is 291 g/mol. The topological polar surface area (TPSA) is 64.6 Å². The highest BCUT2D eigenvalue weighted by atomic mass is 32.2. The van der Waals surface area contributed by atoms with E-state index in [0.29, 0.717) is 19.6 Å². The molecule has 5 nitrogen and oxygen atoms in total. The third-order valence-electron chi connectivity index (χ3n) is 4.12. The molecule has 2 saturated heterocycles. The predicted octanol–water partition coefficient (Wildman–Crippen LogP) is 0.736. The molecular formula is C13H25NO4S. The van der Waals surface area contributed by atoms with Gasteiger partial charge in [0.15, 0.2) is 9.84 Å². The fourth-order valence-electron chi connectivity index (χ4n) is 2.81. The van der Waals surface area contributed by atoms with Gasteiger partial charge in [0.25, 0.3) is 0 Å². The van der Waals surface area contributed by atoms with E-state index in [0.717, 1.165) is 26.0 Å². The number of sulfone groups is 1. The van der Waals surface area contributed by atoms with Crippen molar-refractivity contribution in [1.82, 2.24) is 5.32 Å². The first-order chi connectivity index (χ1) is 9.01. The lowest BCUT2D eigenvalue weighted by molar-refractivity contribution is 0.110. The molecule has 2 fully saturated rings. The molecule has 19 heavy (non-hydrogen) atoms. The smallest absolute Gasteiger partial charge is 0.159 e. The Hall–Kier alpha value is -0.170. The van der Waals surface area contributed by atoms with Crippen molar-refractivity contribution in [3.05, 3.63) is 0 Å². The number of hydrogen-bond acceptors (Lipinski definition) is 5. The second-order valence-corrected chi connectivity index (χ2v) is 8.18. The van der Waals surface area contributed by atoms with Crippen LogP contribution in [0.1, 0.15) is 33.1 Å². The summed E-state index contributed by atoms with van der Waals surface area (Å²) in [5.41, 5.74) is 0. The van der Waals surface area contributed by atoms with Crippen LogP contribution in [0, 0.1) is 0 Å². The highest BCUT2D eigenvalue weighted by Gasteiger charge is 2.38. The minimum atomic E-state index is -3.11. The molecule has 112 valence electrons. The van der Waals surface area contributed by atoms with Gasteiger partial charge in [-0.15, -0.1) is 0 Å². The van der Waals surface area contributed by atoms with Gasteiger partial charge in [-0.25, -0.2) is 8.42 Å². The van der Waals surface area contributed by atoms with Gasteiger partial charge in [-0.1, -0.05) is 0 Å². The fourth-order valence-corrected chi connectivity index (χ4v) is 4.80. The molecule has 2 aliphatic rings. The molecule has 6 heteroatoms. The van der Waals surface area contributed by atoms with Crippen LogP contribution in [0.4, 0.5) is 0 Å². The van der Waals surface area contributed by atoms with Crippen LogP contribution in [0.5, 0.6) is 0 Å². The van der Waals surface area contributed by atoms with Crippen molar-refractivity contribution in [3.8, 4) is 0 Å². The highest BCUT2D eigenvalue weighted by molar-refractivity contribution is 7.92. The van der Waals surface area contributed by atoms with Crippen LogP contribution in [-0.4, -0.2) is 57.4 Å². The zero-order valence-electron chi connectivity index (χ0n) is 11.8. The normalized spacial score (nSPS) is 33.7. The van der Waals surface area contributed by atoms with E-state index in [2.05, 4.69) is 5.32 Å². The van der Waals surface area contributed by atoms with E-state index >= 15 is 0 Å². The number of rotatable bonds is 6. The minimum absolute atomic E-state index is 0.175. The lowest BCUT2D eigenvalue weighted by Crippen LogP contribution is -2.41. The molecule has 2 aliphatic heterocycles. The van der Waals surface area contributed by atoms with Crippen molar-refractivity contribution in [2.45, 2.75) is 55.8 Å². The van der Waals surface area contributed by atoms with E-state index in [1.54, 1.807) is 6.92 Å². The van der Waals surface area contributed by atoms with Crippen molar-refractivity contribution < 1.29 is 17.9 Å². The Morgan fingerprint density at radius 2 is 2.05 bits per heavy atom. The summed E-state index contributed by atoms with van der Waals surface area (Å²) in [5, 5.41) is 2.51. The zero-order valence-corrected chi connectivity index (χ0v) is 12.6. The molecule has 0 radical (unpaired) electrons. The molecule has 4 unspecified atom stereocenters. The summed E-state index contributed by atoms with van der Waals surface area (Å²) in [6.45, 7) is 6.25. The minimum Gasteiger partial charge on any atom is -0.377 e. The van der Waals surface area contributed by atoms with E-state index < -0.39 is 9.84 Å². The summed E-state index contributed by atoms with van der Waals surface area (Å²) in [7, 11) is -3.11. The maximum atomic E-state index is 12.4. The third-order valence-corrected chi connectivity index (χ3v) is 6.87. The summed E-state index contributed by atoms with van der Waals surface area (Å²) >= 11 is 0. The zero-order chi connectivity index (χ0) is 13.9. The van der Waals surface area contributed by atoms with Crippen LogP contribution in [0.2, 0.25) is 0 Å². The van der Waals surface area contributed by atoms with Crippen LogP contribution in [0.15, 0.2) is 0 Å². The van der Waals surface area contributed by atoms with Gasteiger partial charge in [-0.3, -0.25) is 0 Å². The Morgan fingerprint density at radius 3 is 2.63 bits per heavy atom. The molecule has 0 spiro atoms. The van der Waals surface area contributed by atoms with Crippen molar-refractivity contribution in [2.24, 2.45) is 0 Å². The van der Waals surface area contributed by atoms with Crippen LogP contribution >= 0.6 is 0 Å². The largest absolute Gasteiger partial charge is 0.377 e. The van der Waals surface area contributed by atoms with Crippen molar-refractivity contribution in [1.29, 1.82) is 0 Å². The molecule has 2 rings (SSSR count). The third kappa shape index (κ3) is 3.68. The quantitative estimate of drug-likeness (QED) is 0.782. The van der Waals surface area contributed by atoms with E-state index in [1.807, 2.05) is 6.92 Å². The summed E-state index contributed by atoms with van der Waals surface area (Å²) < 4.78 is 35.7. The van der Waals surface area contributed by atoms with E-state index in [1.165, 1.54) is 0 Å². The molecule has 0 aromatic carbocycles. The number of ether oxygens (including phenoxy) is 2. The van der Waals surface area contributed by atoms with Crippen LogP contribution in [0.3, 0.4) is 0 Å². The van der Waals surface area contributed by atoms with Crippen molar-refractivity contribution >= 4 is 9.84 Å². The van der Waals surface area contributed by atoms with Gasteiger partial charge in [0, 0.05) is 26.3 Å². The number of nitrogens with one attached hydrogen (secondary N) is 1. The molecule has 4 atom stereocenters. The summed E-state index contributed by atoms with van der Waals surface area (Å²) in [6, 6.07) is 0. The standard InChI is InChI=1S/C13H25NO4S/c1-10(8-14-9-12-4-3-6-18-12)19(15,16)13-5-7-17-11(13)2/h10-14H,3-9H2,1-2H3. The second-order valence-electron chi connectivity index (χ2n) is 5.60. The highest BCUT2D eigenvalue weighted by Crippen LogP contribution is 2.24. The monoisotopic (exact) mass is 291 g/mol. The lowest BCUT2D eigenvalue weighted by Gasteiger charge is -2.21. The number of hydrogen-bond donors (Lipinski definition) is 1. The maximum Gasteiger partial charge on any atom is 0.159 e. The molecule has 1 N–H and O–H groups in total. The van der Waals surface area contributed by atoms with Gasteiger partial charge in [0.2, 0.25) is 0 Å². The molecular weight excluding hydrogens is 266 g/mol. The summed E-state index contributed by atoms with van der Waals surface area (Å²) in [4.78, 5) is 0. The van der Waals surface area contributed by atoms with Gasteiger partial charge in [0.05, 0.1) is 22.7 Å². The molecule has 0 aliphatic carbocycles. The summed E-state index contributed by atoms with van der Waals surface area (Å²) in [6.07, 6.45) is 2.88. The molecule has 0 amide bonds. The van der Waals surface area contributed by atoms with Crippen molar-refractivity contribution in [3.63, 3.8) is 0 Å². The first kappa shape index (κ1) is 15.2.